The second-order valence-electron chi connectivity index (χ2n) is 6.22. The van der Waals surface area contributed by atoms with Gasteiger partial charge in [-0.15, -0.1) is 0 Å². The van der Waals surface area contributed by atoms with Gasteiger partial charge in [0.05, 0.1) is 0 Å². The molecule has 1 fully saturated rings. The summed E-state index contributed by atoms with van der Waals surface area (Å²) in [5.41, 5.74) is 0.933. The molecule has 0 nitrogen and oxygen atoms in total. The quantitative estimate of drug-likeness (QED) is 0.556. The molecule has 0 N–H and O–H groups in total. The standard InChI is InChI=1S/C12H24/c1-8-9(2)10(8)12(6,7)11(3,4)5/h8-10H,1-7H3. The second kappa shape index (κ2) is 2.49. The number of hydrogen-bond donors (Lipinski definition) is 0. The minimum absolute atomic E-state index is 0.441. The molecule has 0 aromatic carbocycles. The molecule has 0 aromatic rings. The zero-order valence-corrected chi connectivity index (χ0v) is 9.73. The summed E-state index contributed by atoms with van der Waals surface area (Å²) in [5, 5.41) is 0. The van der Waals surface area contributed by atoms with Gasteiger partial charge in [0.2, 0.25) is 0 Å². The highest BCUT2D eigenvalue weighted by Gasteiger charge is 2.55. The molecule has 0 bridgehead atoms. The molecule has 2 atom stereocenters. The van der Waals surface area contributed by atoms with Crippen molar-refractivity contribution in [2.45, 2.75) is 48.5 Å². The predicted octanol–water partition coefficient (Wildman–Crippen LogP) is 3.96. The largest absolute Gasteiger partial charge is 0.0619 e. The van der Waals surface area contributed by atoms with E-state index in [0.717, 1.165) is 17.8 Å². The van der Waals surface area contributed by atoms with Crippen molar-refractivity contribution in [2.75, 3.05) is 0 Å². The highest BCUT2D eigenvalue weighted by molar-refractivity contribution is 5.03. The highest BCUT2D eigenvalue weighted by Crippen LogP contribution is 2.61. The van der Waals surface area contributed by atoms with Crippen LogP contribution in [-0.4, -0.2) is 0 Å². The van der Waals surface area contributed by atoms with Gasteiger partial charge >= 0.3 is 0 Å². The maximum absolute atomic E-state index is 2.43. The van der Waals surface area contributed by atoms with Crippen molar-refractivity contribution in [3.63, 3.8) is 0 Å². The van der Waals surface area contributed by atoms with Gasteiger partial charge in [0, 0.05) is 0 Å². The summed E-state index contributed by atoms with van der Waals surface area (Å²) in [6.45, 7) is 16.7. The second-order valence-corrected chi connectivity index (χ2v) is 6.22. The average Bonchev–Trinajstić information content (AvgIpc) is 2.38. The zero-order chi connectivity index (χ0) is 9.73. The molecule has 0 heterocycles. The van der Waals surface area contributed by atoms with E-state index in [-0.39, 0.29) is 0 Å². The molecule has 0 aliphatic heterocycles. The molecule has 12 heavy (non-hydrogen) atoms. The van der Waals surface area contributed by atoms with Crippen LogP contribution in [-0.2, 0) is 0 Å². The smallest absolute Gasteiger partial charge is 0.0272 e. The minimum Gasteiger partial charge on any atom is -0.0619 e. The first-order valence-electron chi connectivity index (χ1n) is 5.19. The monoisotopic (exact) mass is 168 g/mol. The summed E-state index contributed by atoms with van der Waals surface area (Å²) < 4.78 is 0. The van der Waals surface area contributed by atoms with E-state index in [4.69, 9.17) is 0 Å². The lowest BCUT2D eigenvalue weighted by Gasteiger charge is -2.40. The molecule has 1 rings (SSSR count). The van der Waals surface area contributed by atoms with Gasteiger partial charge in [0.25, 0.3) is 0 Å². The fourth-order valence-electron chi connectivity index (χ4n) is 2.48. The first-order chi connectivity index (χ1) is 5.19. The van der Waals surface area contributed by atoms with E-state index in [1.165, 1.54) is 0 Å². The van der Waals surface area contributed by atoms with Crippen LogP contribution in [0.25, 0.3) is 0 Å². The third-order valence-electron chi connectivity index (χ3n) is 4.59. The molecular weight excluding hydrogens is 144 g/mol. The molecule has 72 valence electrons. The first-order valence-corrected chi connectivity index (χ1v) is 5.19. The molecule has 1 aliphatic rings. The normalized spacial score (nSPS) is 36.8. The van der Waals surface area contributed by atoms with Crippen molar-refractivity contribution in [3.05, 3.63) is 0 Å². The van der Waals surface area contributed by atoms with Gasteiger partial charge in [-0.05, 0) is 28.6 Å². The highest BCUT2D eigenvalue weighted by atomic mass is 14.6. The molecule has 0 radical (unpaired) electrons. The lowest BCUT2D eigenvalue weighted by molar-refractivity contribution is 0.0922. The Hall–Kier alpha value is 0. The van der Waals surface area contributed by atoms with Gasteiger partial charge in [0.15, 0.2) is 0 Å². The Morgan fingerprint density at radius 3 is 1.17 bits per heavy atom. The minimum atomic E-state index is 0.441. The van der Waals surface area contributed by atoms with E-state index in [0.29, 0.717) is 10.8 Å². The van der Waals surface area contributed by atoms with Crippen LogP contribution < -0.4 is 0 Å². The van der Waals surface area contributed by atoms with Gasteiger partial charge in [-0.2, -0.15) is 0 Å². The van der Waals surface area contributed by atoms with Crippen LogP contribution in [0.2, 0.25) is 0 Å². The Morgan fingerprint density at radius 2 is 1.08 bits per heavy atom. The van der Waals surface area contributed by atoms with Crippen LogP contribution in [0.15, 0.2) is 0 Å². The molecule has 0 amide bonds. The molecule has 1 saturated carbocycles. The SMILES string of the molecule is CC1C(C)C1C(C)(C)C(C)(C)C. The van der Waals surface area contributed by atoms with Crippen molar-refractivity contribution < 1.29 is 0 Å². The maximum Gasteiger partial charge on any atom is -0.0272 e. The lowest BCUT2D eigenvalue weighted by Crippen LogP contribution is -2.32. The van der Waals surface area contributed by atoms with E-state index in [1.807, 2.05) is 0 Å². The Morgan fingerprint density at radius 1 is 0.750 bits per heavy atom. The number of rotatable bonds is 1. The Bertz CT molecular complexity index is 163. The average molecular weight is 168 g/mol. The first kappa shape index (κ1) is 10.1. The lowest BCUT2D eigenvalue weighted by atomic mass is 9.65. The third-order valence-corrected chi connectivity index (χ3v) is 4.59. The topological polar surface area (TPSA) is 0 Å². The van der Waals surface area contributed by atoms with E-state index in [9.17, 15) is 0 Å². The maximum atomic E-state index is 2.43. The molecule has 2 unspecified atom stereocenters. The predicted molar refractivity (Wildman–Crippen MR) is 55.1 cm³/mol. The zero-order valence-electron chi connectivity index (χ0n) is 9.73. The molecule has 0 saturated heterocycles. The van der Waals surface area contributed by atoms with Gasteiger partial charge < -0.3 is 0 Å². The summed E-state index contributed by atoms with van der Waals surface area (Å²) in [6.07, 6.45) is 0. The van der Waals surface area contributed by atoms with Crippen molar-refractivity contribution in [3.8, 4) is 0 Å². The van der Waals surface area contributed by atoms with Crippen LogP contribution in [0.1, 0.15) is 48.5 Å². The molecular formula is C12H24. The summed E-state index contributed by atoms with van der Waals surface area (Å²) in [5.74, 6) is 2.83. The summed E-state index contributed by atoms with van der Waals surface area (Å²) >= 11 is 0. The summed E-state index contributed by atoms with van der Waals surface area (Å²) in [7, 11) is 0. The molecule has 0 aromatic heterocycles. The van der Waals surface area contributed by atoms with Crippen LogP contribution in [0.3, 0.4) is 0 Å². The van der Waals surface area contributed by atoms with E-state index in [1.54, 1.807) is 0 Å². The van der Waals surface area contributed by atoms with Crippen LogP contribution >= 0.6 is 0 Å². The Kier molecular flexibility index (Phi) is 2.10. The van der Waals surface area contributed by atoms with Crippen molar-refractivity contribution in [1.82, 2.24) is 0 Å². The van der Waals surface area contributed by atoms with Crippen molar-refractivity contribution in [2.24, 2.45) is 28.6 Å². The fraction of sp³-hybridized carbons (Fsp3) is 1.00. The van der Waals surface area contributed by atoms with Crippen molar-refractivity contribution in [1.29, 1.82) is 0 Å². The van der Waals surface area contributed by atoms with E-state index >= 15 is 0 Å². The Balaban J connectivity index is 2.75. The van der Waals surface area contributed by atoms with E-state index in [2.05, 4.69) is 48.5 Å². The van der Waals surface area contributed by atoms with E-state index < -0.39 is 0 Å². The van der Waals surface area contributed by atoms with Crippen molar-refractivity contribution >= 4 is 0 Å². The fourth-order valence-corrected chi connectivity index (χ4v) is 2.48. The van der Waals surface area contributed by atoms with Gasteiger partial charge in [0.1, 0.15) is 0 Å². The third kappa shape index (κ3) is 1.30. The Labute approximate surface area is 77.7 Å². The molecule has 0 spiro atoms. The van der Waals surface area contributed by atoms with Gasteiger partial charge in [-0.25, -0.2) is 0 Å². The summed E-state index contributed by atoms with van der Waals surface area (Å²) in [4.78, 5) is 0. The number of hydrogen-bond acceptors (Lipinski definition) is 0. The van der Waals surface area contributed by atoms with Gasteiger partial charge in [-0.3, -0.25) is 0 Å². The molecule has 0 heteroatoms. The molecule has 1 aliphatic carbocycles. The van der Waals surface area contributed by atoms with Crippen LogP contribution in [0.5, 0.6) is 0 Å². The summed E-state index contributed by atoms with van der Waals surface area (Å²) in [6, 6.07) is 0. The van der Waals surface area contributed by atoms with Crippen LogP contribution in [0.4, 0.5) is 0 Å². The van der Waals surface area contributed by atoms with Crippen LogP contribution in [0, 0.1) is 28.6 Å². The van der Waals surface area contributed by atoms with Gasteiger partial charge in [-0.1, -0.05) is 48.5 Å².